The summed E-state index contributed by atoms with van der Waals surface area (Å²) in [7, 11) is 2.67. The van der Waals surface area contributed by atoms with Crippen molar-refractivity contribution < 1.29 is 13.2 Å². The Morgan fingerprint density at radius 1 is 1.33 bits per heavy atom. The van der Waals surface area contributed by atoms with Gasteiger partial charge in [0.2, 0.25) is 0 Å². The second-order valence-corrected chi connectivity index (χ2v) is 10.4. The van der Waals surface area contributed by atoms with Crippen LogP contribution in [0.1, 0.15) is 19.4 Å². The van der Waals surface area contributed by atoms with Crippen molar-refractivity contribution in [3.05, 3.63) is 29.8 Å². The first-order chi connectivity index (χ1) is 12.7. The third-order valence-corrected chi connectivity index (χ3v) is 7.29. The van der Waals surface area contributed by atoms with Crippen molar-refractivity contribution in [3.8, 4) is 5.75 Å². The van der Waals surface area contributed by atoms with Crippen LogP contribution >= 0.6 is 0 Å². The van der Waals surface area contributed by atoms with Gasteiger partial charge in [0.25, 0.3) is 0 Å². The van der Waals surface area contributed by atoms with E-state index in [0.29, 0.717) is 32.2 Å². The van der Waals surface area contributed by atoms with E-state index in [-0.39, 0.29) is 5.75 Å². The van der Waals surface area contributed by atoms with Crippen LogP contribution in [-0.4, -0.2) is 82.1 Å². The SMILES string of the molecule is CN=C(NCc1ccccc1OCCN(C)C)N1CCS(=O)(=O)C(C)(C)C1. The molecule has 0 spiro atoms. The Morgan fingerprint density at radius 2 is 2.04 bits per heavy atom. The number of ether oxygens (including phenoxy) is 1. The monoisotopic (exact) mass is 396 g/mol. The fourth-order valence-corrected chi connectivity index (χ4v) is 4.33. The molecular weight excluding hydrogens is 364 g/mol. The van der Waals surface area contributed by atoms with Gasteiger partial charge in [-0.2, -0.15) is 0 Å². The van der Waals surface area contributed by atoms with E-state index in [9.17, 15) is 8.42 Å². The van der Waals surface area contributed by atoms with Crippen LogP contribution in [0.15, 0.2) is 29.3 Å². The van der Waals surface area contributed by atoms with Gasteiger partial charge < -0.3 is 19.9 Å². The van der Waals surface area contributed by atoms with E-state index in [1.54, 1.807) is 20.9 Å². The number of hydrogen-bond acceptors (Lipinski definition) is 5. The van der Waals surface area contributed by atoms with E-state index in [2.05, 4.69) is 15.2 Å². The molecule has 7 nitrogen and oxygen atoms in total. The van der Waals surface area contributed by atoms with Crippen LogP contribution in [0, 0.1) is 0 Å². The van der Waals surface area contributed by atoms with Gasteiger partial charge in [-0.15, -0.1) is 0 Å². The average molecular weight is 397 g/mol. The molecule has 1 aliphatic rings. The summed E-state index contributed by atoms with van der Waals surface area (Å²) < 4.78 is 29.6. The molecule has 1 heterocycles. The summed E-state index contributed by atoms with van der Waals surface area (Å²) in [6.45, 7) is 6.46. The first-order valence-corrected chi connectivity index (χ1v) is 10.8. The van der Waals surface area contributed by atoms with E-state index < -0.39 is 14.6 Å². The summed E-state index contributed by atoms with van der Waals surface area (Å²) >= 11 is 0. The lowest BCUT2D eigenvalue weighted by Crippen LogP contribution is -2.57. The number of para-hydroxylation sites is 1. The van der Waals surface area contributed by atoms with Gasteiger partial charge in [0, 0.05) is 38.8 Å². The summed E-state index contributed by atoms with van der Waals surface area (Å²) in [5.74, 6) is 1.70. The van der Waals surface area contributed by atoms with Gasteiger partial charge in [0.15, 0.2) is 15.8 Å². The molecule has 1 fully saturated rings. The molecule has 0 aliphatic carbocycles. The molecule has 0 saturated carbocycles. The van der Waals surface area contributed by atoms with Gasteiger partial charge in [-0.05, 0) is 34.0 Å². The number of sulfone groups is 1. The van der Waals surface area contributed by atoms with Crippen molar-refractivity contribution in [1.29, 1.82) is 0 Å². The van der Waals surface area contributed by atoms with Crippen molar-refractivity contribution in [2.75, 3.05) is 53.1 Å². The zero-order valence-corrected chi connectivity index (χ0v) is 17.8. The molecule has 0 aromatic heterocycles. The summed E-state index contributed by atoms with van der Waals surface area (Å²) in [5.41, 5.74) is 1.04. The van der Waals surface area contributed by atoms with Gasteiger partial charge in [0.05, 0.1) is 10.5 Å². The van der Waals surface area contributed by atoms with Crippen molar-refractivity contribution in [2.24, 2.45) is 4.99 Å². The summed E-state index contributed by atoms with van der Waals surface area (Å²) in [6, 6.07) is 7.93. The average Bonchev–Trinajstić information content (AvgIpc) is 2.59. The van der Waals surface area contributed by atoms with Crippen LogP contribution < -0.4 is 10.1 Å². The van der Waals surface area contributed by atoms with Crippen LogP contribution in [-0.2, 0) is 16.4 Å². The molecular formula is C19H32N4O3S. The first-order valence-electron chi connectivity index (χ1n) is 9.19. The lowest BCUT2D eigenvalue weighted by atomic mass is 10.2. The molecule has 0 amide bonds. The minimum Gasteiger partial charge on any atom is -0.492 e. The summed E-state index contributed by atoms with van der Waals surface area (Å²) in [4.78, 5) is 8.43. The second-order valence-electron chi connectivity index (χ2n) is 7.66. The molecule has 1 aliphatic heterocycles. The Kier molecular flexibility index (Phi) is 7.11. The second kappa shape index (κ2) is 8.93. The van der Waals surface area contributed by atoms with E-state index in [1.165, 1.54) is 0 Å². The maximum absolute atomic E-state index is 12.2. The third-order valence-electron chi connectivity index (χ3n) is 4.76. The molecule has 27 heavy (non-hydrogen) atoms. The number of likely N-dealkylation sites (N-methyl/N-ethyl adjacent to an activating group) is 1. The van der Waals surface area contributed by atoms with Gasteiger partial charge in [-0.1, -0.05) is 18.2 Å². The fourth-order valence-electron chi connectivity index (χ4n) is 2.96. The van der Waals surface area contributed by atoms with E-state index in [0.717, 1.165) is 17.9 Å². The van der Waals surface area contributed by atoms with E-state index in [1.807, 2.05) is 43.3 Å². The molecule has 1 aromatic rings. The highest BCUT2D eigenvalue weighted by atomic mass is 32.2. The van der Waals surface area contributed by atoms with Gasteiger partial charge in [-0.3, -0.25) is 4.99 Å². The molecule has 152 valence electrons. The van der Waals surface area contributed by atoms with Gasteiger partial charge in [0.1, 0.15) is 12.4 Å². The van der Waals surface area contributed by atoms with Crippen LogP contribution in [0.4, 0.5) is 0 Å². The maximum atomic E-state index is 12.2. The van der Waals surface area contributed by atoms with Crippen LogP contribution in [0.25, 0.3) is 0 Å². The Morgan fingerprint density at radius 3 is 2.67 bits per heavy atom. The van der Waals surface area contributed by atoms with Gasteiger partial charge in [-0.25, -0.2) is 8.42 Å². The van der Waals surface area contributed by atoms with Crippen LogP contribution in [0.2, 0.25) is 0 Å². The number of guanidine groups is 1. The number of hydrogen-bond donors (Lipinski definition) is 1. The molecule has 1 saturated heterocycles. The number of benzene rings is 1. The molecule has 8 heteroatoms. The molecule has 1 N–H and O–H groups in total. The summed E-state index contributed by atoms with van der Waals surface area (Å²) in [5, 5.41) is 3.35. The molecule has 0 atom stereocenters. The minimum absolute atomic E-state index is 0.144. The van der Waals surface area contributed by atoms with Crippen molar-refractivity contribution in [2.45, 2.75) is 25.1 Å². The highest BCUT2D eigenvalue weighted by Crippen LogP contribution is 2.24. The highest BCUT2D eigenvalue weighted by Gasteiger charge is 2.40. The quantitative estimate of drug-likeness (QED) is 0.576. The van der Waals surface area contributed by atoms with Crippen molar-refractivity contribution in [3.63, 3.8) is 0 Å². The molecule has 0 unspecified atom stereocenters. The Bertz CT molecular complexity index is 760. The Balaban J connectivity index is 2.01. The van der Waals surface area contributed by atoms with E-state index >= 15 is 0 Å². The lowest BCUT2D eigenvalue weighted by molar-refractivity contribution is 0.259. The molecule has 2 rings (SSSR count). The fraction of sp³-hybridized carbons (Fsp3) is 0.632. The Hall–Kier alpha value is -1.80. The zero-order chi connectivity index (χ0) is 20.1. The Labute approximate surface area is 163 Å². The van der Waals surface area contributed by atoms with Crippen molar-refractivity contribution in [1.82, 2.24) is 15.1 Å². The van der Waals surface area contributed by atoms with E-state index in [4.69, 9.17) is 4.74 Å². The lowest BCUT2D eigenvalue weighted by Gasteiger charge is -2.39. The minimum atomic E-state index is -3.08. The topological polar surface area (TPSA) is 74.2 Å². The number of aliphatic imine (C=N–C) groups is 1. The highest BCUT2D eigenvalue weighted by molar-refractivity contribution is 7.92. The zero-order valence-electron chi connectivity index (χ0n) is 17.0. The predicted molar refractivity (Wildman–Crippen MR) is 110 cm³/mol. The smallest absolute Gasteiger partial charge is 0.193 e. The summed E-state index contributed by atoms with van der Waals surface area (Å²) in [6.07, 6.45) is 0. The largest absolute Gasteiger partial charge is 0.492 e. The number of rotatable bonds is 6. The maximum Gasteiger partial charge on any atom is 0.193 e. The normalized spacial score (nSPS) is 19.2. The first kappa shape index (κ1) is 21.5. The molecule has 1 aromatic carbocycles. The van der Waals surface area contributed by atoms with Crippen LogP contribution in [0.5, 0.6) is 5.75 Å². The van der Waals surface area contributed by atoms with Gasteiger partial charge >= 0.3 is 0 Å². The molecule has 0 bridgehead atoms. The number of nitrogens with one attached hydrogen (secondary N) is 1. The van der Waals surface area contributed by atoms with Crippen LogP contribution in [0.3, 0.4) is 0 Å². The predicted octanol–water partition coefficient (Wildman–Crippen LogP) is 1.21. The number of nitrogens with zero attached hydrogens (tertiary/aromatic N) is 3. The third kappa shape index (κ3) is 5.59. The standard InChI is InChI=1S/C19H32N4O3S/c1-19(2)15-23(11-13-27(19,24)25)18(20-3)21-14-16-8-6-7-9-17(16)26-12-10-22(4)5/h6-9H,10-15H2,1-5H3,(H,20,21). The molecule has 0 radical (unpaired) electrons. The van der Waals surface area contributed by atoms with Crippen molar-refractivity contribution >= 4 is 15.8 Å².